The van der Waals surface area contributed by atoms with Crippen LogP contribution in [0.1, 0.15) is 34.5 Å². The van der Waals surface area contributed by atoms with E-state index in [4.69, 9.17) is 0 Å². The van der Waals surface area contributed by atoms with Crippen LogP contribution in [0.5, 0.6) is 0 Å². The Bertz CT molecular complexity index is 1130. The lowest BCUT2D eigenvalue weighted by Crippen LogP contribution is -2.25. The molecule has 0 spiro atoms. The van der Waals surface area contributed by atoms with E-state index in [0.29, 0.717) is 5.39 Å². The second-order valence-electron chi connectivity index (χ2n) is 6.64. The van der Waals surface area contributed by atoms with Gasteiger partial charge in [0.1, 0.15) is 5.56 Å². The Morgan fingerprint density at radius 2 is 1.89 bits per heavy atom. The third-order valence-corrected chi connectivity index (χ3v) is 4.85. The number of aromatic nitrogens is 1. The zero-order valence-corrected chi connectivity index (χ0v) is 14.3. The highest BCUT2D eigenvalue weighted by Gasteiger charge is 2.34. The molecule has 1 aliphatic heterocycles. The largest absolute Gasteiger partial charge is 0.418 e. The second-order valence-corrected chi connectivity index (χ2v) is 6.64. The number of rotatable bonds is 2. The Morgan fingerprint density at radius 1 is 1.15 bits per heavy atom. The molecule has 4 rings (SSSR count). The van der Waals surface area contributed by atoms with E-state index in [-0.39, 0.29) is 17.3 Å². The molecule has 0 unspecified atom stereocenters. The summed E-state index contributed by atoms with van der Waals surface area (Å²) in [6.07, 6.45) is -2.43. The molecule has 1 atom stereocenters. The number of anilines is 1. The van der Waals surface area contributed by atoms with E-state index in [0.717, 1.165) is 23.6 Å². The molecular formula is C20H15F3N2O2. The quantitative estimate of drug-likeness (QED) is 0.725. The normalized spacial score (nSPS) is 15.9. The Morgan fingerprint density at radius 3 is 2.63 bits per heavy atom. The average molecular weight is 372 g/mol. The third-order valence-electron chi connectivity index (χ3n) is 4.85. The van der Waals surface area contributed by atoms with Crippen molar-refractivity contribution in [3.8, 4) is 0 Å². The fourth-order valence-electron chi connectivity index (χ4n) is 3.61. The number of carbonyl (C=O) groups is 1. The summed E-state index contributed by atoms with van der Waals surface area (Å²) in [7, 11) is 0. The number of hydrogen-bond acceptors (Lipinski definition) is 2. The van der Waals surface area contributed by atoms with Gasteiger partial charge in [-0.3, -0.25) is 9.59 Å². The standard InChI is InChI=1S/C20H15F3N2O2/c1-11-9-12-5-4-6-13-17(12)25(11)10-14(18(13)26)19(27)24-16-8-3-2-7-15(16)20(21,22)23/h2-8,10-11H,9H2,1H3,(H,24,27)/t11-/m1/s1. The minimum Gasteiger partial charge on any atom is -0.343 e. The number of alkyl halides is 3. The predicted octanol–water partition coefficient (Wildman–Crippen LogP) is 4.39. The molecular weight excluding hydrogens is 357 g/mol. The van der Waals surface area contributed by atoms with Crippen LogP contribution < -0.4 is 10.7 Å². The molecule has 1 aliphatic rings. The maximum absolute atomic E-state index is 13.1. The van der Waals surface area contributed by atoms with Crippen molar-refractivity contribution in [1.29, 1.82) is 0 Å². The predicted molar refractivity (Wildman–Crippen MR) is 96.0 cm³/mol. The van der Waals surface area contributed by atoms with Gasteiger partial charge in [-0.1, -0.05) is 24.3 Å². The molecule has 7 heteroatoms. The van der Waals surface area contributed by atoms with Crippen molar-refractivity contribution in [3.05, 3.63) is 75.6 Å². The van der Waals surface area contributed by atoms with Gasteiger partial charge in [0.2, 0.25) is 5.43 Å². The number of hydrogen-bond donors (Lipinski definition) is 1. The molecule has 2 aromatic carbocycles. The maximum Gasteiger partial charge on any atom is 0.418 e. The van der Waals surface area contributed by atoms with Gasteiger partial charge in [-0.2, -0.15) is 13.2 Å². The summed E-state index contributed by atoms with van der Waals surface area (Å²) >= 11 is 0. The molecule has 138 valence electrons. The van der Waals surface area contributed by atoms with E-state index in [1.807, 2.05) is 17.6 Å². The molecule has 27 heavy (non-hydrogen) atoms. The minimum absolute atomic E-state index is 0.0551. The first-order chi connectivity index (χ1) is 12.8. The number of carbonyl (C=O) groups excluding carboxylic acids is 1. The zero-order valence-electron chi connectivity index (χ0n) is 14.3. The Balaban J connectivity index is 1.81. The van der Waals surface area contributed by atoms with E-state index in [2.05, 4.69) is 5.32 Å². The van der Waals surface area contributed by atoms with Gasteiger partial charge in [0.25, 0.3) is 5.91 Å². The molecule has 0 aliphatic carbocycles. The van der Waals surface area contributed by atoms with Crippen LogP contribution in [-0.4, -0.2) is 10.5 Å². The van der Waals surface area contributed by atoms with Crippen molar-refractivity contribution in [1.82, 2.24) is 4.57 Å². The number of para-hydroxylation sites is 2. The fourth-order valence-corrected chi connectivity index (χ4v) is 3.61. The lowest BCUT2D eigenvalue weighted by Gasteiger charge is -2.15. The van der Waals surface area contributed by atoms with Crippen molar-refractivity contribution in [2.75, 3.05) is 5.32 Å². The van der Waals surface area contributed by atoms with Gasteiger partial charge in [-0.25, -0.2) is 0 Å². The molecule has 2 heterocycles. The molecule has 0 saturated carbocycles. The molecule has 0 radical (unpaired) electrons. The van der Waals surface area contributed by atoms with E-state index in [9.17, 15) is 22.8 Å². The van der Waals surface area contributed by atoms with E-state index in [1.165, 1.54) is 24.4 Å². The molecule has 0 bridgehead atoms. The first-order valence-electron chi connectivity index (χ1n) is 8.41. The summed E-state index contributed by atoms with van der Waals surface area (Å²) < 4.78 is 41.3. The minimum atomic E-state index is -4.61. The summed E-state index contributed by atoms with van der Waals surface area (Å²) in [6.45, 7) is 1.96. The number of nitrogens with one attached hydrogen (secondary N) is 1. The Labute approximate surface area is 152 Å². The van der Waals surface area contributed by atoms with Crippen LogP contribution in [0.15, 0.2) is 53.5 Å². The smallest absolute Gasteiger partial charge is 0.343 e. The molecule has 1 aromatic heterocycles. The lowest BCUT2D eigenvalue weighted by molar-refractivity contribution is -0.136. The molecule has 3 aromatic rings. The van der Waals surface area contributed by atoms with Gasteiger partial charge >= 0.3 is 6.18 Å². The first-order valence-corrected chi connectivity index (χ1v) is 8.41. The van der Waals surface area contributed by atoms with E-state index < -0.39 is 23.1 Å². The maximum atomic E-state index is 13.1. The van der Waals surface area contributed by atoms with Crippen molar-refractivity contribution < 1.29 is 18.0 Å². The highest BCUT2D eigenvalue weighted by molar-refractivity contribution is 6.06. The van der Waals surface area contributed by atoms with Crippen LogP contribution in [0.4, 0.5) is 18.9 Å². The van der Waals surface area contributed by atoms with Gasteiger partial charge in [0, 0.05) is 17.6 Å². The summed E-state index contributed by atoms with van der Waals surface area (Å²) in [4.78, 5) is 25.4. The van der Waals surface area contributed by atoms with Crippen molar-refractivity contribution in [2.24, 2.45) is 0 Å². The van der Waals surface area contributed by atoms with Crippen LogP contribution >= 0.6 is 0 Å². The molecule has 1 N–H and O–H groups in total. The molecule has 4 nitrogen and oxygen atoms in total. The number of pyridine rings is 1. The van der Waals surface area contributed by atoms with Crippen LogP contribution in [0.2, 0.25) is 0 Å². The van der Waals surface area contributed by atoms with E-state index >= 15 is 0 Å². The van der Waals surface area contributed by atoms with Crippen LogP contribution in [0.25, 0.3) is 10.9 Å². The summed E-state index contributed by atoms with van der Waals surface area (Å²) in [6, 6.07) is 10.1. The summed E-state index contributed by atoms with van der Waals surface area (Å²) in [5.74, 6) is -0.855. The van der Waals surface area contributed by atoms with Crippen LogP contribution in [-0.2, 0) is 12.6 Å². The topological polar surface area (TPSA) is 51.1 Å². The van der Waals surface area contributed by atoms with Crippen LogP contribution in [0, 0.1) is 0 Å². The summed E-state index contributed by atoms with van der Waals surface area (Å²) in [5.41, 5.74) is -0.199. The number of amides is 1. The van der Waals surface area contributed by atoms with Gasteiger partial charge in [-0.05, 0) is 37.1 Å². The van der Waals surface area contributed by atoms with Gasteiger partial charge in [0.15, 0.2) is 0 Å². The molecule has 0 saturated heterocycles. The summed E-state index contributed by atoms with van der Waals surface area (Å²) in [5, 5.41) is 2.65. The van der Waals surface area contributed by atoms with Crippen molar-refractivity contribution >= 4 is 22.5 Å². The highest BCUT2D eigenvalue weighted by atomic mass is 19.4. The molecule has 1 amide bonds. The average Bonchev–Trinajstić information content (AvgIpc) is 2.93. The second kappa shape index (κ2) is 5.97. The lowest BCUT2D eigenvalue weighted by atomic mass is 10.1. The first kappa shape index (κ1) is 17.3. The Kier molecular flexibility index (Phi) is 3.83. The number of halogens is 3. The third kappa shape index (κ3) is 2.79. The van der Waals surface area contributed by atoms with Crippen LogP contribution in [0.3, 0.4) is 0 Å². The SMILES string of the molecule is C[C@@H]1Cc2cccc3c(=O)c(C(=O)Nc4ccccc4C(F)(F)F)cn1c23. The van der Waals surface area contributed by atoms with Gasteiger partial charge < -0.3 is 9.88 Å². The molecule has 0 fully saturated rings. The van der Waals surface area contributed by atoms with Crippen molar-refractivity contribution in [3.63, 3.8) is 0 Å². The van der Waals surface area contributed by atoms with Gasteiger partial charge in [-0.15, -0.1) is 0 Å². The number of benzene rings is 2. The Hall–Kier alpha value is -3.09. The zero-order chi connectivity index (χ0) is 19.3. The van der Waals surface area contributed by atoms with Crippen molar-refractivity contribution in [2.45, 2.75) is 25.6 Å². The monoisotopic (exact) mass is 372 g/mol. The highest BCUT2D eigenvalue weighted by Crippen LogP contribution is 2.35. The van der Waals surface area contributed by atoms with Gasteiger partial charge in [0.05, 0.1) is 16.8 Å². The fraction of sp³-hybridized carbons (Fsp3) is 0.200. The number of nitrogens with zero attached hydrogens (tertiary/aromatic N) is 1. The van der Waals surface area contributed by atoms with E-state index in [1.54, 1.807) is 12.1 Å².